The number of benzene rings is 2. The first kappa shape index (κ1) is 14.9. The number of aromatic nitrogens is 3. The fourth-order valence-corrected chi connectivity index (χ4v) is 3.28. The zero-order chi connectivity index (χ0) is 16.7. The molecule has 0 fully saturated rings. The molecule has 2 atom stereocenters. The molecule has 5 heteroatoms. The summed E-state index contributed by atoms with van der Waals surface area (Å²) in [5, 5.41) is 7.81. The highest BCUT2D eigenvalue weighted by molar-refractivity contribution is 5.40. The van der Waals surface area contributed by atoms with Gasteiger partial charge in [0.1, 0.15) is 12.1 Å². The molecular formula is C19H19FN4. The van der Waals surface area contributed by atoms with E-state index in [1.165, 1.54) is 28.8 Å². The number of rotatable bonds is 2. The molecule has 1 N–H and O–H groups in total. The monoisotopic (exact) mass is 322 g/mol. The van der Waals surface area contributed by atoms with Gasteiger partial charge < -0.3 is 5.32 Å². The highest BCUT2D eigenvalue weighted by Gasteiger charge is 2.29. The Bertz CT molecular complexity index is 869. The molecule has 0 radical (unpaired) electrons. The quantitative estimate of drug-likeness (QED) is 0.769. The molecule has 0 amide bonds. The lowest BCUT2D eigenvalue weighted by atomic mass is 9.92. The van der Waals surface area contributed by atoms with Gasteiger partial charge in [0.2, 0.25) is 5.95 Å². The Balaban J connectivity index is 1.72. The first-order chi connectivity index (χ1) is 11.6. The van der Waals surface area contributed by atoms with Crippen LogP contribution in [0.4, 0.5) is 10.3 Å². The lowest BCUT2D eigenvalue weighted by Crippen LogP contribution is -2.28. The normalized spacial score (nSPS) is 19.6. The summed E-state index contributed by atoms with van der Waals surface area (Å²) in [5.41, 5.74) is 4.84. The second-order valence-electron chi connectivity index (χ2n) is 6.37. The van der Waals surface area contributed by atoms with Gasteiger partial charge in [-0.15, -0.1) is 0 Å². The summed E-state index contributed by atoms with van der Waals surface area (Å²) >= 11 is 0. The van der Waals surface area contributed by atoms with Gasteiger partial charge >= 0.3 is 0 Å². The summed E-state index contributed by atoms with van der Waals surface area (Å²) in [7, 11) is 0. The molecule has 0 aliphatic carbocycles. The van der Waals surface area contributed by atoms with Gasteiger partial charge in [0.05, 0.1) is 12.1 Å². The SMILES string of the molecule is Cc1ccc([C@H]2C[C@H](c3ccc(F)cc3)n3ncnc3N2)cc1C. The van der Waals surface area contributed by atoms with Crippen molar-refractivity contribution < 1.29 is 4.39 Å². The predicted molar refractivity (Wildman–Crippen MR) is 91.5 cm³/mol. The molecule has 0 saturated carbocycles. The van der Waals surface area contributed by atoms with Gasteiger partial charge in [0.15, 0.2) is 0 Å². The summed E-state index contributed by atoms with van der Waals surface area (Å²) in [6.07, 6.45) is 2.39. The second-order valence-corrected chi connectivity index (χ2v) is 6.37. The van der Waals surface area contributed by atoms with Crippen molar-refractivity contribution in [1.82, 2.24) is 14.8 Å². The largest absolute Gasteiger partial charge is 0.348 e. The van der Waals surface area contributed by atoms with E-state index in [9.17, 15) is 4.39 Å². The molecule has 1 aliphatic rings. The number of fused-ring (bicyclic) bond motifs is 1. The fraction of sp³-hybridized carbons (Fsp3) is 0.263. The Morgan fingerprint density at radius 2 is 1.79 bits per heavy atom. The Morgan fingerprint density at radius 3 is 2.54 bits per heavy atom. The maximum Gasteiger partial charge on any atom is 0.222 e. The van der Waals surface area contributed by atoms with E-state index >= 15 is 0 Å². The van der Waals surface area contributed by atoms with Crippen LogP contribution in [0.2, 0.25) is 0 Å². The Morgan fingerprint density at radius 1 is 1.04 bits per heavy atom. The van der Waals surface area contributed by atoms with Gasteiger partial charge in [0, 0.05) is 0 Å². The molecular weight excluding hydrogens is 303 g/mol. The average molecular weight is 322 g/mol. The minimum Gasteiger partial charge on any atom is -0.348 e. The zero-order valence-corrected chi connectivity index (χ0v) is 13.7. The highest BCUT2D eigenvalue weighted by Crippen LogP contribution is 2.37. The van der Waals surface area contributed by atoms with Crippen molar-refractivity contribution in [3.8, 4) is 0 Å². The van der Waals surface area contributed by atoms with Crippen LogP contribution in [0.25, 0.3) is 0 Å². The summed E-state index contributed by atoms with van der Waals surface area (Å²) < 4.78 is 15.1. The topological polar surface area (TPSA) is 42.7 Å². The summed E-state index contributed by atoms with van der Waals surface area (Å²) in [4.78, 5) is 4.33. The molecule has 2 heterocycles. The van der Waals surface area contributed by atoms with Crippen molar-refractivity contribution >= 4 is 5.95 Å². The van der Waals surface area contributed by atoms with E-state index in [2.05, 4.69) is 47.4 Å². The van der Waals surface area contributed by atoms with Crippen molar-refractivity contribution in [2.75, 3.05) is 5.32 Å². The number of hydrogen-bond acceptors (Lipinski definition) is 3. The number of halogens is 1. The third kappa shape index (κ3) is 2.56. The number of hydrogen-bond donors (Lipinski definition) is 1. The Kier molecular flexibility index (Phi) is 3.56. The molecule has 1 aliphatic heterocycles. The van der Waals surface area contributed by atoms with Crippen LogP contribution in [0.5, 0.6) is 0 Å². The van der Waals surface area contributed by atoms with Crippen LogP contribution < -0.4 is 5.32 Å². The van der Waals surface area contributed by atoms with E-state index in [1.807, 2.05) is 16.8 Å². The molecule has 0 unspecified atom stereocenters. The van der Waals surface area contributed by atoms with Crippen molar-refractivity contribution in [1.29, 1.82) is 0 Å². The van der Waals surface area contributed by atoms with E-state index in [-0.39, 0.29) is 17.9 Å². The van der Waals surface area contributed by atoms with E-state index in [0.717, 1.165) is 17.9 Å². The maximum absolute atomic E-state index is 13.3. The average Bonchev–Trinajstić information content (AvgIpc) is 3.06. The minimum absolute atomic E-state index is 0.0379. The smallest absolute Gasteiger partial charge is 0.222 e. The van der Waals surface area contributed by atoms with E-state index in [1.54, 1.807) is 6.33 Å². The maximum atomic E-state index is 13.3. The van der Waals surface area contributed by atoms with Gasteiger partial charge in [-0.2, -0.15) is 10.1 Å². The lowest BCUT2D eigenvalue weighted by molar-refractivity contribution is 0.430. The fourth-order valence-electron chi connectivity index (χ4n) is 3.28. The van der Waals surface area contributed by atoms with Crippen molar-refractivity contribution in [3.05, 3.63) is 76.9 Å². The molecule has 1 aromatic heterocycles. The molecule has 0 saturated heterocycles. The third-order valence-electron chi connectivity index (χ3n) is 4.82. The van der Waals surface area contributed by atoms with Gasteiger partial charge in [-0.1, -0.05) is 30.3 Å². The molecule has 4 rings (SSSR count). The van der Waals surface area contributed by atoms with Crippen LogP contribution >= 0.6 is 0 Å². The number of anilines is 1. The minimum atomic E-state index is -0.225. The number of nitrogens with zero attached hydrogens (tertiary/aromatic N) is 3. The van der Waals surface area contributed by atoms with E-state index in [4.69, 9.17) is 0 Å². The predicted octanol–water partition coefficient (Wildman–Crippen LogP) is 4.18. The van der Waals surface area contributed by atoms with Crippen molar-refractivity contribution in [2.24, 2.45) is 0 Å². The van der Waals surface area contributed by atoms with Crippen molar-refractivity contribution in [3.63, 3.8) is 0 Å². The Labute approximate surface area is 140 Å². The van der Waals surface area contributed by atoms with Crippen LogP contribution in [0.15, 0.2) is 48.8 Å². The van der Waals surface area contributed by atoms with Crippen molar-refractivity contribution in [2.45, 2.75) is 32.4 Å². The number of aryl methyl sites for hydroxylation is 2. The van der Waals surface area contributed by atoms with Gasteiger partial charge in [-0.3, -0.25) is 0 Å². The number of nitrogens with one attached hydrogen (secondary N) is 1. The molecule has 122 valence electrons. The van der Waals surface area contributed by atoms with Crippen LogP contribution in [0.3, 0.4) is 0 Å². The highest BCUT2D eigenvalue weighted by atomic mass is 19.1. The summed E-state index contributed by atoms with van der Waals surface area (Å²) in [5.74, 6) is 0.524. The summed E-state index contributed by atoms with van der Waals surface area (Å²) in [6, 6.07) is 13.4. The van der Waals surface area contributed by atoms with Crippen LogP contribution in [0, 0.1) is 19.7 Å². The second kappa shape index (κ2) is 5.74. The Hall–Kier alpha value is -2.69. The van der Waals surface area contributed by atoms with Gasteiger partial charge in [-0.25, -0.2) is 9.07 Å². The molecule has 24 heavy (non-hydrogen) atoms. The molecule has 0 spiro atoms. The van der Waals surface area contributed by atoms with Crippen LogP contribution in [-0.2, 0) is 0 Å². The van der Waals surface area contributed by atoms with Gasteiger partial charge in [-0.05, 0) is 54.7 Å². The van der Waals surface area contributed by atoms with Gasteiger partial charge in [0.25, 0.3) is 0 Å². The molecule has 2 aromatic carbocycles. The van der Waals surface area contributed by atoms with Crippen LogP contribution in [0.1, 0.15) is 40.8 Å². The zero-order valence-electron chi connectivity index (χ0n) is 13.7. The van der Waals surface area contributed by atoms with Crippen LogP contribution in [-0.4, -0.2) is 14.8 Å². The third-order valence-corrected chi connectivity index (χ3v) is 4.82. The standard InChI is InChI=1S/C19H19FN4/c1-12-3-4-15(9-13(12)2)17-10-18(14-5-7-16(20)8-6-14)24-19(23-17)21-11-22-24/h3-9,11,17-18H,10H2,1-2H3,(H,21,22,23)/t17-,18-/m1/s1. The molecule has 3 aromatic rings. The first-order valence-corrected chi connectivity index (χ1v) is 8.10. The lowest BCUT2D eigenvalue weighted by Gasteiger charge is -2.32. The molecule has 0 bridgehead atoms. The van der Waals surface area contributed by atoms with E-state index < -0.39 is 0 Å². The molecule has 4 nitrogen and oxygen atoms in total. The first-order valence-electron chi connectivity index (χ1n) is 8.10. The summed E-state index contributed by atoms with van der Waals surface area (Å²) in [6.45, 7) is 4.24. The van der Waals surface area contributed by atoms with E-state index in [0.29, 0.717) is 0 Å².